The van der Waals surface area contributed by atoms with Crippen molar-refractivity contribution in [2.45, 2.75) is 110 Å². The molecule has 0 amide bonds. The number of unbranched alkanes of at least 4 members (excludes halogenated alkanes) is 14. The molecule has 2 nitrogen and oxygen atoms in total. The van der Waals surface area contributed by atoms with E-state index in [1.807, 2.05) is 0 Å². The summed E-state index contributed by atoms with van der Waals surface area (Å²) < 4.78 is 0. The van der Waals surface area contributed by atoms with E-state index in [0.717, 1.165) is 12.8 Å². The molecule has 0 heterocycles. The highest BCUT2D eigenvalue weighted by atomic mass is 28.1. The first-order valence-electron chi connectivity index (χ1n) is 8.99. The Bertz CT molecular complexity index is 213. The molecule has 0 aromatic rings. The molecule has 0 spiro atoms. The Morgan fingerprint density at radius 2 is 0.909 bits per heavy atom. The van der Waals surface area contributed by atoms with Gasteiger partial charge in [-0.2, -0.15) is 0 Å². The fourth-order valence-electron chi connectivity index (χ4n) is 2.65. The molecule has 128 valence electrons. The van der Waals surface area contributed by atoms with Gasteiger partial charge in [-0.3, -0.25) is 4.79 Å². The van der Waals surface area contributed by atoms with E-state index in [9.17, 15) is 4.79 Å². The summed E-state index contributed by atoms with van der Waals surface area (Å²) in [5.74, 6) is -0.653. The lowest BCUT2D eigenvalue weighted by Crippen LogP contribution is -1.93. The van der Waals surface area contributed by atoms with Gasteiger partial charge in [-0.1, -0.05) is 96.8 Å². The van der Waals surface area contributed by atoms with Gasteiger partial charge in [0.05, 0.1) is 0 Å². The van der Waals surface area contributed by atoms with Crippen molar-refractivity contribution in [2.24, 2.45) is 0 Å². The zero-order chi connectivity index (χ0) is 14.9. The van der Waals surface area contributed by atoms with Crippen LogP contribution in [-0.4, -0.2) is 45.1 Å². The van der Waals surface area contributed by atoms with E-state index in [1.165, 1.54) is 83.5 Å². The van der Waals surface area contributed by atoms with Crippen LogP contribution >= 0.6 is 0 Å². The molecule has 0 aliphatic heterocycles. The van der Waals surface area contributed by atoms with Crippen LogP contribution in [0.3, 0.4) is 0 Å². The number of hydrogen-bond donors (Lipinski definition) is 1. The van der Waals surface area contributed by atoms with E-state index in [2.05, 4.69) is 6.92 Å². The first kappa shape index (κ1) is 27.3. The Labute approximate surface area is 159 Å². The lowest BCUT2D eigenvalue weighted by atomic mass is 10.0. The highest BCUT2D eigenvalue weighted by Crippen LogP contribution is 2.13. The van der Waals surface area contributed by atoms with Crippen LogP contribution in [0.15, 0.2) is 0 Å². The molecule has 0 saturated heterocycles. The summed E-state index contributed by atoms with van der Waals surface area (Å²) >= 11 is 0. The van der Waals surface area contributed by atoms with Gasteiger partial charge >= 0.3 is 29.0 Å². The summed E-state index contributed by atoms with van der Waals surface area (Å²) in [4.78, 5) is 10.3. The average molecular weight is 339 g/mol. The fraction of sp³-hybridized carbons (Fsp3) is 0.944. The summed E-state index contributed by atoms with van der Waals surface area (Å²) in [6, 6.07) is 0. The van der Waals surface area contributed by atoms with Crippen LogP contribution in [0.5, 0.6) is 0 Å². The Balaban J connectivity index is -0.00000180. The zero-order valence-electron chi connectivity index (χ0n) is 14.2. The van der Waals surface area contributed by atoms with E-state index in [4.69, 9.17) is 5.11 Å². The first-order chi connectivity index (χ1) is 9.77. The molecule has 4 radical (unpaired) electrons. The molecule has 1 N–H and O–H groups in total. The van der Waals surface area contributed by atoms with Gasteiger partial charge in [0.15, 0.2) is 0 Å². The van der Waals surface area contributed by atoms with Crippen molar-refractivity contribution in [3.05, 3.63) is 0 Å². The van der Waals surface area contributed by atoms with Crippen molar-refractivity contribution in [3.63, 3.8) is 0 Å². The van der Waals surface area contributed by atoms with E-state index in [0.29, 0.717) is 6.42 Å². The number of hydrogen-bond acceptors (Lipinski definition) is 1. The maximum atomic E-state index is 10.3. The van der Waals surface area contributed by atoms with Crippen LogP contribution in [0.1, 0.15) is 110 Å². The van der Waals surface area contributed by atoms with Crippen molar-refractivity contribution in [3.8, 4) is 0 Å². The number of carboxylic acid groups (broad SMARTS) is 1. The van der Waals surface area contributed by atoms with E-state index < -0.39 is 5.97 Å². The topological polar surface area (TPSA) is 37.3 Å². The van der Waals surface area contributed by atoms with Crippen LogP contribution in [0, 0.1) is 0 Å². The molecule has 0 aromatic heterocycles. The molecular weight excluding hydrogens is 301 g/mol. The Hall–Kier alpha value is 0.453. The Kier molecular flexibility index (Phi) is 29.4. The second-order valence-corrected chi connectivity index (χ2v) is 6.09. The molecule has 0 aliphatic rings. The third kappa shape index (κ3) is 25.4. The summed E-state index contributed by atoms with van der Waals surface area (Å²) in [6.45, 7) is 2.27. The second-order valence-electron chi connectivity index (χ2n) is 6.09. The Morgan fingerprint density at radius 3 is 1.18 bits per heavy atom. The summed E-state index contributed by atoms with van der Waals surface area (Å²) in [7, 11) is 0. The number of rotatable bonds is 16. The quantitative estimate of drug-likeness (QED) is 0.316. The zero-order valence-corrected chi connectivity index (χ0v) is 15.2. The molecule has 0 bridgehead atoms. The fourth-order valence-corrected chi connectivity index (χ4v) is 2.65. The average Bonchev–Trinajstić information content (AvgIpc) is 2.43. The van der Waals surface area contributed by atoms with Crippen molar-refractivity contribution < 1.29 is 9.90 Å². The monoisotopic (exact) mass is 338 g/mol. The van der Waals surface area contributed by atoms with Gasteiger partial charge < -0.3 is 5.11 Å². The van der Waals surface area contributed by atoms with Crippen LogP contribution in [0.25, 0.3) is 0 Å². The molecule has 22 heavy (non-hydrogen) atoms. The van der Waals surface area contributed by atoms with Crippen LogP contribution in [0.2, 0.25) is 0 Å². The highest BCUT2D eigenvalue weighted by Gasteiger charge is 1.97. The standard InChI is InChI=1S/C18H36O2.Mg.Si.2H/c1-2-3-4-5-6-7-8-9-10-11-12-13-14-15-16-17-18(19)20;;;;/h2-17H2,1H3,(H,19,20);;;;. The Morgan fingerprint density at radius 1 is 0.636 bits per heavy atom. The van der Waals surface area contributed by atoms with E-state index >= 15 is 0 Å². The third-order valence-electron chi connectivity index (χ3n) is 3.99. The van der Waals surface area contributed by atoms with Crippen LogP contribution < -0.4 is 0 Å². The molecule has 0 atom stereocenters. The molecule has 0 fully saturated rings. The number of aliphatic carboxylic acids is 1. The minimum absolute atomic E-state index is 0. The molecule has 0 rings (SSSR count). The van der Waals surface area contributed by atoms with Crippen LogP contribution in [-0.2, 0) is 4.79 Å². The van der Waals surface area contributed by atoms with Crippen molar-refractivity contribution in [1.29, 1.82) is 0 Å². The van der Waals surface area contributed by atoms with E-state index in [-0.39, 0.29) is 34.0 Å². The van der Waals surface area contributed by atoms with Gasteiger partial charge in [0.1, 0.15) is 0 Å². The van der Waals surface area contributed by atoms with Crippen LogP contribution in [0.4, 0.5) is 0 Å². The smallest absolute Gasteiger partial charge is 0.316 e. The predicted octanol–water partition coefficient (Wildman–Crippen LogP) is 5.04. The SMILES string of the molecule is CCCCCCCCCCCCCCCCCC(=O)O.[MgH2].[Si]. The second kappa shape index (κ2) is 23.7. The van der Waals surface area contributed by atoms with Gasteiger partial charge in [0.2, 0.25) is 0 Å². The maximum Gasteiger partial charge on any atom is 0.316 e. The molecular formula is C18H38MgO2Si. The highest BCUT2D eigenvalue weighted by molar-refractivity contribution is 5.76. The van der Waals surface area contributed by atoms with Gasteiger partial charge in [-0.25, -0.2) is 0 Å². The van der Waals surface area contributed by atoms with E-state index in [1.54, 1.807) is 0 Å². The minimum Gasteiger partial charge on any atom is -0.481 e. The normalized spacial score (nSPS) is 9.86. The van der Waals surface area contributed by atoms with Crippen molar-refractivity contribution >= 4 is 40.0 Å². The lowest BCUT2D eigenvalue weighted by molar-refractivity contribution is -0.137. The molecule has 0 unspecified atom stereocenters. The van der Waals surface area contributed by atoms with Crippen molar-refractivity contribution in [1.82, 2.24) is 0 Å². The van der Waals surface area contributed by atoms with Gasteiger partial charge in [-0.05, 0) is 6.42 Å². The molecule has 0 aliphatic carbocycles. The van der Waals surface area contributed by atoms with Gasteiger partial charge in [0, 0.05) is 17.4 Å². The third-order valence-corrected chi connectivity index (χ3v) is 3.99. The summed E-state index contributed by atoms with van der Waals surface area (Å²) in [5, 5.41) is 8.52. The largest absolute Gasteiger partial charge is 0.481 e. The summed E-state index contributed by atoms with van der Waals surface area (Å²) in [5.41, 5.74) is 0. The lowest BCUT2D eigenvalue weighted by Gasteiger charge is -2.03. The van der Waals surface area contributed by atoms with Gasteiger partial charge in [0.25, 0.3) is 0 Å². The molecule has 0 aromatic carbocycles. The predicted molar refractivity (Wildman–Crippen MR) is 101 cm³/mol. The first-order valence-corrected chi connectivity index (χ1v) is 8.99. The minimum atomic E-state index is -0.653. The number of carbonyl (C=O) groups is 1. The number of carboxylic acids is 1. The van der Waals surface area contributed by atoms with Crippen molar-refractivity contribution in [2.75, 3.05) is 0 Å². The molecule has 0 saturated carbocycles. The maximum absolute atomic E-state index is 10.3. The van der Waals surface area contributed by atoms with Gasteiger partial charge in [-0.15, -0.1) is 0 Å². The molecule has 4 heteroatoms. The summed E-state index contributed by atoms with van der Waals surface area (Å²) in [6.07, 6.45) is 20.2.